The van der Waals surface area contributed by atoms with E-state index in [9.17, 15) is 4.79 Å². The van der Waals surface area contributed by atoms with Crippen molar-refractivity contribution < 1.29 is 9.53 Å². The maximum atomic E-state index is 11.8. The van der Waals surface area contributed by atoms with Gasteiger partial charge >= 0.3 is 5.97 Å². The number of fused-ring (bicyclic) bond motifs is 1. The van der Waals surface area contributed by atoms with Crippen molar-refractivity contribution in [3.8, 4) is 22.3 Å². The van der Waals surface area contributed by atoms with Gasteiger partial charge in [0.1, 0.15) is 5.65 Å². The minimum Gasteiger partial charge on any atom is -0.465 e. The van der Waals surface area contributed by atoms with Crippen molar-refractivity contribution in [1.82, 2.24) is 29.1 Å². The van der Waals surface area contributed by atoms with E-state index in [0.717, 1.165) is 38.9 Å². The van der Waals surface area contributed by atoms with Crippen molar-refractivity contribution in [1.29, 1.82) is 0 Å². The molecular weight excluding hydrogens is 404 g/mol. The molecule has 1 aromatic carbocycles. The Hall–Kier alpha value is -4.20. The van der Waals surface area contributed by atoms with E-state index in [2.05, 4.69) is 27.4 Å². The summed E-state index contributed by atoms with van der Waals surface area (Å²) in [6.45, 7) is 0.550. The zero-order valence-corrected chi connectivity index (χ0v) is 18.1. The van der Waals surface area contributed by atoms with Crippen LogP contribution in [-0.4, -0.2) is 42.2 Å². The number of aryl methyl sites for hydroxylation is 2. The molecule has 5 aromatic rings. The number of carbonyl (C=O) groups excluding carboxylic acids is 1. The van der Waals surface area contributed by atoms with Crippen molar-refractivity contribution in [2.75, 3.05) is 7.11 Å². The molecular formula is C24H22N6O2. The van der Waals surface area contributed by atoms with Crippen LogP contribution in [0.1, 0.15) is 15.9 Å². The highest BCUT2D eigenvalue weighted by Gasteiger charge is 2.14. The third-order valence-electron chi connectivity index (χ3n) is 5.49. The number of pyridine rings is 1. The highest BCUT2D eigenvalue weighted by atomic mass is 16.5. The highest BCUT2D eigenvalue weighted by molar-refractivity contribution is 5.96. The minimum absolute atomic E-state index is 0.347. The van der Waals surface area contributed by atoms with Crippen LogP contribution in [0.2, 0.25) is 0 Å². The maximum Gasteiger partial charge on any atom is 0.337 e. The SMILES string of the molecule is COC(=O)c1cccc(Cn2cc(-c3cn(C)c4ncc(-c5cnn(C)c5)cc34)cn2)c1. The summed E-state index contributed by atoms with van der Waals surface area (Å²) in [6, 6.07) is 9.53. The Labute approximate surface area is 184 Å². The first kappa shape index (κ1) is 19.7. The van der Waals surface area contributed by atoms with Gasteiger partial charge in [0.05, 0.1) is 31.6 Å². The lowest BCUT2D eigenvalue weighted by molar-refractivity contribution is 0.0600. The average Bonchev–Trinajstić information content (AvgIpc) is 3.52. The predicted octanol–water partition coefficient (Wildman–Crippen LogP) is 3.67. The number of benzene rings is 1. The van der Waals surface area contributed by atoms with Gasteiger partial charge in [-0.15, -0.1) is 0 Å². The van der Waals surface area contributed by atoms with Gasteiger partial charge < -0.3 is 9.30 Å². The van der Waals surface area contributed by atoms with Crippen LogP contribution in [-0.2, 0) is 25.4 Å². The highest BCUT2D eigenvalue weighted by Crippen LogP contribution is 2.32. The molecule has 0 bridgehead atoms. The molecule has 0 aliphatic heterocycles. The molecule has 8 nitrogen and oxygen atoms in total. The van der Waals surface area contributed by atoms with Crippen molar-refractivity contribution >= 4 is 17.0 Å². The minimum atomic E-state index is -0.347. The fourth-order valence-electron chi connectivity index (χ4n) is 3.91. The van der Waals surface area contributed by atoms with Gasteiger partial charge in [-0.05, 0) is 23.8 Å². The smallest absolute Gasteiger partial charge is 0.337 e. The first-order valence-corrected chi connectivity index (χ1v) is 10.2. The molecule has 0 amide bonds. The zero-order chi connectivity index (χ0) is 22.2. The molecule has 0 aliphatic rings. The van der Waals surface area contributed by atoms with Crippen LogP contribution in [0, 0.1) is 0 Å². The zero-order valence-electron chi connectivity index (χ0n) is 18.1. The first-order chi connectivity index (χ1) is 15.5. The molecule has 0 fully saturated rings. The Morgan fingerprint density at radius 1 is 0.969 bits per heavy atom. The molecule has 0 saturated carbocycles. The van der Waals surface area contributed by atoms with E-state index in [4.69, 9.17) is 4.74 Å². The molecule has 0 spiro atoms. The Kier molecular flexibility index (Phi) is 4.82. The number of rotatable bonds is 5. The van der Waals surface area contributed by atoms with Crippen molar-refractivity contribution in [3.05, 3.63) is 78.6 Å². The van der Waals surface area contributed by atoms with Crippen LogP contribution < -0.4 is 0 Å². The summed E-state index contributed by atoms with van der Waals surface area (Å²) >= 11 is 0. The van der Waals surface area contributed by atoms with Gasteiger partial charge in [0.2, 0.25) is 0 Å². The normalized spacial score (nSPS) is 11.2. The van der Waals surface area contributed by atoms with Crippen LogP contribution in [0.4, 0.5) is 0 Å². The van der Waals surface area contributed by atoms with E-state index in [1.165, 1.54) is 7.11 Å². The van der Waals surface area contributed by atoms with E-state index in [1.54, 1.807) is 10.7 Å². The number of hydrogen-bond donors (Lipinski definition) is 0. The summed E-state index contributed by atoms with van der Waals surface area (Å²) < 4.78 is 10.5. The molecule has 5 rings (SSSR count). The molecule has 160 valence electrons. The van der Waals surface area contributed by atoms with Crippen LogP contribution >= 0.6 is 0 Å². The summed E-state index contributed by atoms with van der Waals surface area (Å²) in [7, 11) is 5.28. The molecule has 0 radical (unpaired) electrons. The molecule has 0 saturated heterocycles. The molecule has 0 N–H and O–H groups in total. The monoisotopic (exact) mass is 426 g/mol. The van der Waals surface area contributed by atoms with E-state index in [1.807, 2.05) is 72.5 Å². The van der Waals surface area contributed by atoms with E-state index in [0.29, 0.717) is 12.1 Å². The fraction of sp³-hybridized carbons (Fsp3) is 0.167. The molecule has 8 heteroatoms. The summed E-state index contributed by atoms with van der Waals surface area (Å²) in [6.07, 6.45) is 11.6. The third-order valence-corrected chi connectivity index (χ3v) is 5.49. The van der Waals surface area contributed by atoms with Crippen LogP contribution in [0.5, 0.6) is 0 Å². The Morgan fingerprint density at radius 2 is 1.81 bits per heavy atom. The lowest BCUT2D eigenvalue weighted by Crippen LogP contribution is -2.04. The van der Waals surface area contributed by atoms with Gasteiger partial charge in [-0.1, -0.05) is 12.1 Å². The Bertz CT molecular complexity index is 1440. The number of ether oxygens (including phenoxy) is 1. The number of aromatic nitrogens is 6. The van der Waals surface area contributed by atoms with Gasteiger partial charge in [0.15, 0.2) is 0 Å². The van der Waals surface area contributed by atoms with E-state index in [-0.39, 0.29) is 5.97 Å². The number of nitrogens with zero attached hydrogens (tertiary/aromatic N) is 6. The summed E-state index contributed by atoms with van der Waals surface area (Å²) in [4.78, 5) is 16.5. The van der Waals surface area contributed by atoms with Gasteiger partial charge in [-0.25, -0.2) is 9.78 Å². The molecule has 32 heavy (non-hydrogen) atoms. The van der Waals surface area contributed by atoms with Crippen molar-refractivity contribution in [2.45, 2.75) is 6.54 Å². The molecule has 4 aromatic heterocycles. The molecule has 4 heterocycles. The van der Waals surface area contributed by atoms with E-state index < -0.39 is 0 Å². The number of hydrogen-bond acceptors (Lipinski definition) is 5. The summed E-state index contributed by atoms with van der Waals surface area (Å²) in [5, 5.41) is 9.86. The summed E-state index contributed by atoms with van der Waals surface area (Å²) in [5.41, 5.74) is 6.52. The largest absolute Gasteiger partial charge is 0.465 e. The van der Waals surface area contributed by atoms with Gasteiger partial charge in [0.25, 0.3) is 0 Å². The van der Waals surface area contributed by atoms with Gasteiger partial charge in [-0.2, -0.15) is 10.2 Å². The lowest BCUT2D eigenvalue weighted by atomic mass is 10.1. The Balaban J connectivity index is 1.48. The average molecular weight is 426 g/mol. The molecule has 0 atom stereocenters. The number of carbonyl (C=O) groups is 1. The predicted molar refractivity (Wildman–Crippen MR) is 121 cm³/mol. The standard InChI is InChI=1S/C24H22N6O2/c1-28-15-22(21-8-18(9-25-23(21)28)19-10-26-29(2)13-19)20-11-27-30(14-20)12-16-5-4-6-17(7-16)24(31)32-3/h4-11,13-15H,12H2,1-3H3. The van der Waals surface area contributed by atoms with Crippen LogP contribution in [0.25, 0.3) is 33.3 Å². The quantitative estimate of drug-likeness (QED) is 0.401. The third kappa shape index (κ3) is 3.56. The first-order valence-electron chi connectivity index (χ1n) is 10.2. The van der Waals surface area contributed by atoms with Gasteiger partial charge in [-0.3, -0.25) is 9.36 Å². The Morgan fingerprint density at radius 3 is 2.59 bits per heavy atom. The second-order valence-electron chi connectivity index (χ2n) is 7.77. The van der Waals surface area contributed by atoms with Crippen molar-refractivity contribution in [3.63, 3.8) is 0 Å². The topological polar surface area (TPSA) is 79.8 Å². The maximum absolute atomic E-state index is 11.8. The molecule has 0 aliphatic carbocycles. The number of esters is 1. The number of methoxy groups -OCH3 is 1. The molecule has 0 unspecified atom stereocenters. The van der Waals surface area contributed by atoms with Gasteiger partial charge in [0, 0.05) is 66.5 Å². The van der Waals surface area contributed by atoms with Crippen LogP contribution in [0.3, 0.4) is 0 Å². The second kappa shape index (κ2) is 7.81. The van der Waals surface area contributed by atoms with Crippen molar-refractivity contribution in [2.24, 2.45) is 14.1 Å². The lowest BCUT2D eigenvalue weighted by Gasteiger charge is -2.04. The fourth-order valence-corrected chi connectivity index (χ4v) is 3.91. The second-order valence-corrected chi connectivity index (χ2v) is 7.77. The summed E-state index contributed by atoms with van der Waals surface area (Å²) in [5.74, 6) is -0.347. The van der Waals surface area contributed by atoms with E-state index >= 15 is 0 Å². The van der Waals surface area contributed by atoms with Crippen LogP contribution in [0.15, 0.2) is 67.5 Å².